The molecule has 0 saturated carbocycles. The number of halogens is 2. The Hall–Kier alpha value is -2.27. The molecule has 29 heavy (non-hydrogen) atoms. The Morgan fingerprint density at radius 3 is 2.55 bits per heavy atom. The lowest BCUT2D eigenvalue weighted by molar-refractivity contribution is -0.132. The maximum atomic E-state index is 14.1. The summed E-state index contributed by atoms with van der Waals surface area (Å²) in [4.78, 5) is 17.0. The SMILES string of the molecule is Cc1ccc(CN2C(=O)CC[C@]23CCCN(Cc2cc(F)ccc2F)CC3)cc1. The number of hydrogen-bond donors (Lipinski definition) is 0. The van der Waals surface area contributed by atoms with E-state index in [1.54, 1.807) is 0 Å². The molecule has 0 radical (unpaired) electrons. The summed E-state index contributed by atoms with van der Waals surface area (Å²) in [5.41, 5.74) is 2.66. The molecule has 5 heteroatoms. The zero-order valence-corrected chi connectivity index (χ0v) is 17.0. The summed E-state index contributed by atoms with van der Waals surface area (Å²) in [6.07, 6.45) is 4.28. The Balaban J connectivity index is 1.47. The molecule has 0 aromatic heterocycles. The van der Waals surface area contributed by atoms with E-state index in [2.05, 4.69) is 41.0 Å². The maximum absolute atomic E-state index is 14.1. The van der Waals surface area contributed by atoms with E-state index in [1.165, 1.54) is 17.7 Å². The van der Waals surface area contributed by atoms with Crippen molar-refractivity contribution in [3.63, 3.8) is 0 Å². The lowest BCUT2D eigenvalue weighted by atomic mass is 9.87. The van der Waals surface area contributed by atoms with Crippen LogP contribution in [0.3, 0.4) is 0 Å². The minimum Gasteiger partial charge on any atom is -0.333 e. The minimum atomic E-state index is -0.404. The number of nitrogens with zero attached hydrogens (tertiary/aromatic N) is 2. The second-order valence-electron chi connectivity index (χ2n) is 8.56. The molecule has 2 saturated heterocycles. The van der Waals surface area contributed by atoms with Gasteiger partial charge in [-0.05, 0) is 62.9 Å². The number of likely N-dealkylation sites (tertiary alicyclic amines) is 2. The predicted molar refractivity (Wildman–Crippen MR) is 109 cm³/mol. The Morgan fingerprint density at radius 2 is 1.76 bits per heavy atom. The predicted octanol–water partition coefficient (Wildman–Crippen LogP) is 4.82. The van der Waals surface area contributed by atoms with E-state index in [0.717, 1.165) is 50.4 Å². The zero-order chi connectivity index (χ0) is 20.4. The highest BCUT2D eigenvalue weighted by Gasteiger charge is 2.45. The third-order valence-corrected chi connectivity index (χ3v) is 6.55. The molecule has 0 aliphatic carbocycles. The van der Waals surface area contributed by atoms with Crippen LogP contribution in [0.2, 0.25) is 0 Å². The second kappa shape index (κ2) is 8.23. The number of carbonyl (C=O) groups is 1. The van der Waals surface area contributed by atoms with Crippen molar-refractivity contribution in [1.82, 2.24) is 9.80 Å². The quantitative estimate of drug-likeness (QED) is 0.737. The van der Waals surface area contributed by atoms with Crippen molar-refractivity contribution >= 4 is 5.91 Å². The van der Waals surface area contributed by atoms with Crippen LogP contribution >= 0.6 is 0 Å². The molecular formula is C24H28F2N2O. The van der Waals surface area contributed by atoms with Crippen molar-refractivity contribution in [2.75, 3.05) is 13.1 Å². The van der Waals surface area contributed by atoms with Crippen molar-refractivity contribution in [1.29, 1.82) is 0 Å². The van der Waals surface area contributed by atoms with Crippen molar-refractivity contribution in [3.8, 4) is 0 Å². The summed E-state index contributed by atoms with van der Waals surface area (Å²) in [6.45, 7) is 4.74. The fourth-order valence-electron chi connectivity index (χ4n) is 4.82. The van der Waals surface area contributed by atoms with Crippen LogP contribution in [0.4, 0.5) is 8.78 Å². The average molecular weight is 398 g/mol. The molecular weight excluding hydrogens is 370 g/mol. The molecule has 0 N–H and O–H groups in total. The molecule has 2 fully saturated rings. The molecule has 2 aliphatic rings. The van der Waals surface area contributed by atoms with Crippen molar-refractivity contribution in [3.05, 3.63) is 70.8 Å². The molecule has 0 unspecified atom stereocenters. The smallest absolute Gasteiger partial charge is 0.223 e. The third kappa shape index (κ3) is 4.35. The molecule has 1 spiro atoms. The summed E-state index contributed by atoms with van der Waals surface area (Å²) < 4.78 is 27.6. The normalized spacial score (nSPS) is 23.0. The molecule has 3 nitrogen and oxygen atoms in total. The fraction of sp³-hybridized carbons (Fsp3) is 0.458. The van der Waals surface area contributed by atoms with E-state index in [1.807, 2.05) is 0 Å². The highest BCUT2D eigenvalue weighted by atomic mass is 19.1. The molecule has 2 aromatic rings. The molecule has 2 aromatic carbocycles. The van der Waals surface area contributed by atoms with E-state index in [4.69, 9.17) is 0 Å². The van der Waals surface area contributed by atoms with Gasteiger partial charge in [-0.2, -0.15) is 0 Å². The van der Waals surface area contributed by atoms with Gasteiger partial charge in [-0.25, -0.2) is 8.78 Å². The number of rotatable bonds is 4. The van der Waals surface area contributed by atoms with E-state index >= 15 is 0 Å². The van der Waals surface area contributed by atoms with Crippen LogP contribution in [0.25, 0.3) is 0 Å². The van der Waals surface area contributed by atoms with E-state index in [0.29, 0.717) is 25.1 Å². The minimum absolute atomic E-state index is 0.114. The van der Waals surface area contributed by atoms with E-state index in [9.17, 15) is 13.6 Å². The summed E-state index contributed by atoms with van der Waals surface area (Å²) in [5, 5.41) is 0. The summed E-state index contributed by atoms with van der Waals surface area (Å²) in [7, 11) is 0. The van der Waals surface area contributed by atoms with Gasteiger partial charge < -0.3 is 4.90 Å². The summed E-state index contributed by atoms with van der Waals surface area (Å²) >= 11 is 0. The van der Waals surface area contributed by atoms with Crippen LogP contribution in [0.15, 0.2) is 42.5 Å². The molecule has 4 rings (SSSR count). The lowest BCUT2D eigenvalue weighted by Gasteiger charge is -2.38. The maximum Gasteiger partial charge on any atom is 0.223 e. The molecule has 2 heterocycles. The van der Waals surface area contributed by atoms with Crippen LogP contribution in [0.1, 0.15) is 48.8 Å². The number of hydrogen-bond acceptors (Lipinski definition) is 2. The highest BCUT2D eigenvalue weighted by Crippen LogP contribution is 2.40. The largest absolute Gasteiger partial charge is 0.333 e. The topological polar surface area (TPSA) is 23.6 Å². The number of amides is 1. The third-order valence-electron chi connectivity index (χ3n) is 6.55. The second-order valence-corrected chi connectivity index (χ2v) is 8.56. The first-order chi connectivity index (χ1) is 13.9. The summed E-state index contributed by atoms with van der Waals surface area (Å²) in [6, 6.07) is 12.0. The van der Waals surface area contributed by atoms with E-state index in [-0.39, 0.29) is 17.3 Å². The van der Waals surface area contributed by atoms with Gasteiger partial charge in [-0.15, -0.1) is 0 Å². The van der Waals surface area contributed by atoms with Gasteiger partial charge in [0.05, 0.1) is 0 Å². The molecule has 0 bridgehead atoms. The Labute approximate surface area is 171 Å². The van der Waals surface area contributed by atoms with Crippen LogP contribution < -0.4 is 0 Å². The van der Waals surface area contributed by atoms with Gasteiger partial charge in [0, 0.05) is 37.2 Å². The molecule has 154 valence electrons. The molecule has 1 amide bonds. The van der Waals surface area contributed by atoms with Gasteiger partial charge >= 0.3 is 0 Å². The van der Waals surface area contributed by atoms with Gasteiger partial charge in [-0.3, -0.25) is 9.69 Å². The van der Waals surface area contributed by atoms with E-state index < -0.39 is 5.82 Å². The average Bonchev–Trinajstić information content (AvgIpc) is 2.87. The number of benzene rings is 2. The number of aryl methyl sites for hydroxylation is 1. The number of carbonyl (C=O) groups excluding carboxylic acids is 1. The molecule has 2 aliphatic heterocycles. The molecule has 1 atom stereocenters. The van der Waals surface area contributed by atoms with Crippen molar-refractivity contribution < 1.29 is 13.6 Å². The Bertz CT molecular complexity index is 883. The first-order valence-corrected chi connectivity index (χ1v) is 10.5. The van der Waals surface area contributed by atoms with Crippen molar-refractivity contribution in [2.45, 2.75) is 57.7 Å². The Morgan fingerprint density at radius 1 is 0.966 bits per heavy atom. The standard InChI is InChI=1S/C24H28F2N2O/c1-18-3-5-19(6-4-18)16-28-23(29)9-11-24(28)10-2-13-27(14-12-24)17-20-15-21(25)7-8-22(20)26/h3-8,15H,2,9-14,16-17H2,1H3/t24-/m0/s1. The van der Waals surface area contributed by atoms with Crippen LogP contribution in [-0.2, 0) is 17.9 Å². The van der Waals surface area contributed by atoms with Gasteiger partial charge in [-0.1, -0.05) is 29.8 Å². The van der Waals surface area contributed by atoms with Gasteiger partial charge in [0.25, 0.3) is 0 Å². The van der Waals surface area contributed by atoms with Crippen LogP contribution in [0, 0.1) is 18.6 Å². The van der Waals surface area contributed by atoms with Gasteiger partial charge in [0.2, 0.25) is 5.91 Å². The fourth-order valence-corrected chi connectivity index (χ4v) is 4.82. The van der Waals surface area contributed by atoms with Crippen LogP contribution in [-0.4, -0.2) is 34.3 Å². The van der Waals surface area contributed by atoms with Gasteiger partial charge in [0.15, 0.2) is 0 Å². The first kappa shape index (κ1) is 20.0. The van der Waals surface area contributed by atoms with Crippen molar-refractivity contribution in [2.24, 2.45) is 0 Å². The monoisotopic (exact) mass is 398 g/mol. The first-order valence-electron chi connectivity index (χ1n) is 10.5. The van der Waals surface area contributed by atoms with Gasteiger partial charge in [0.1, 0.15) is 11.6 Å². The highest BCUT2D eigenvalue weighted by molar-refractivity contribution is 5.79. The van der Waals surface area contributed by atoms with Crippen LogP contribution in [0.5, 0.6) is 0 Å². The summed E-state index contributed by atoms with van der Waals surface area (Å²) in [5.74, 6) is -0.532. The Kier molecular flexibility index (Phi) is 5.68. The lowest BCUT2D eigenvalue weighted by Crippen LogP contribution is -2.45. The zero-order valence-electron chi connectivity index (χ0n) is 17.0.